The first kappa shape index (κ1) is 37.3. The molecule has 5 rings (SSSR count). The van der Waals surface area contributed by atoms with E-state index in [0.29, 0.717) is 38.6 Å². The molecule has 1 aliphatic rings. The average molecular weight is 695 g/mol. The Labute approximate surface area is 302 Å². The van der Waals surface area contributed by atoms with E-state index in [0.717, 1.165) is 77.2 Å². The molecule has 0 N–H and O–H groups in total. The summed E-state index contributed by atoms with van der Waals surface area (Å²) < 4.78 is 34.7. The summed E-state index contributed by atoms with van der Waals surface area (Å²) in [6.45, 7) is 7.96. The minimum absolute atomic E-state index is 0.0573. The minimum atomic E-state index is -0.739. The topological polar surface area (TPSA) is 89.5 Å². The van der Waals surface area contributed by atoms with Gasteiger partial charge in [-0.1, -0.05) is 80.8 Å². The predicted molar refractivity (Wildman–Crippen MR) is 198 cm³/mol. The normalized spacial score (nSPS) is 13.2. The largest absolute Gasteiger partial charge is 0.494 e. The highest BCUT2D eigenvalue weighted by molar-refractivity contribution is 5.77. The van der Waals surface area contributed by atoms with E-state index in [2.05, 4.69) is 36.4 Å². The summed E-state index contributed by atoms with van der Waals surface area (Å²) in [6.07, 6.45) is 4.66. The van der Waals surface area contributed by atoms with Gasteiger partial charge in [-0.3, -0.25) is 4.79 Å². The van der Waals surface area contributed by atoms with Crippen LogP contribution in [0.5, 0.6) is 23.0 Å². The lowest BCUT2D eigenvalue weighted by atomic mass is 9.96. The molecule has 0 bridgehead atoms. The van der Waals surface area contributed by atoms with Crippen LogP contribution in [0.1, 0.15) is 64.9 Å². The molecule has 2 atom stereocenters. The number of rotatable bonds is 19. The Morgan fingerprint density at radius 1 is 0.706 bits per heavy atom. The van der Waals surface area contributed by atoms with Gasteiger partial charge in [-0.15, -0.1) is 0 Å². The molecular weight excluding hydrogens is 644 g/mol. The molecule has 51 heavy (non-hydrogen) atoms. The van der Waals surface area contributed by atoms with Gasteiger partial charge in [-0.05, 0) is 97.3 Å². The van der Waals surface area contributed by atoms with Crippen LogP contribution in [0.2, 0.25) is 0 Å². The molecule has 0 aliphatic carbocycles. The van der Waals surface area contributed by atoms with E-state index in [4.69, 9.17) is 28.4 Å². The smallest absolute Gasteiger partial charge is 0.347 e. The number of esters is 2. The summed E-state index contributed by atoms with van der Waals surface area (Å²) in [4.78, 5) is 25.0. The van der Waals surface area contributed by atoms with Crippen LogP contribution >= 0.6 is 0 Å². The first-order valence-corrected chi connectivity index (χ1v) is 18.2. The maximum absolute atomic E-state index is 13.0. The second-order valence-corrected chi connectivity index (χ2v) is 12.7. The van der Waals surface area contributed by atoms with Crippen molar-refractivity contribution >= 4 is 11.9 Å². The summed E-state index contributed by atoms with van der Waals surface area (Å²) >= 11 is 0. The molecule has 0 saturated heterocycles. The van der Waals surface area contributed by atoms with Crippen LogP contribution in [-0.2, 0) is 25.5 Å². The minimum Gasteiger partial charge on any atom is -0.494 e. The third-order valence-corrected chi connectivity index (χ3v) is 8.88. The Bertz CT molecular complexity index is 1700. The van der Waals surface area contributed by atoms with Crippen molar-refractivity contribution in [2.45, 2.75) is 71.8 Å². The second-order valence-electron chi connectivity index (χ2n) is 12.7. The number of unbranched alkanes of at least 4 members (excludes halogenated alkanes) is 3. The van der Waals surface area contributed by atoms with Crippen LogP contribution in [0.15, 0.2) is 91.0 Å². The van der Waals surface area contributed by atoms with Crippen molar-refractivity contribution in [2.24, 2.45) is 5.92 Å². The molecule has 4 aromatic carbocycles. The van der Waals surface area contributed by atoms with Gasteiger partial charge in [0, 0.05) is 12.3 Å². The molecule has 1 heterocycles. The number of fused-ring (bicyclic) bond motifs is 1. The van der Waals surface area contributed by atoms with Crippen molar-refractivity contribution < 1.29 is 38.0 Å². The molecule has 2 unspecified atom stereocenters. The lowest BCUT2D eigenvalue weighted by molar-refractivity contribution is -0.154. The van der Waals surface area contributed by atoms with Gasteiger partial charge in [-0.25, -0.2) is 4.79 Å². The van der Waals surface area contributed by atoms with Crippen molar-refractivity contribution in [2.75, 3.05) is 33.0 Å². The molecule has 0 spiro atoms. The molecular formula is C43H50O8. The fraction of sp³-hybridized carbons (Fsp3) is 0.395. The number of carbonyl (C=O) groups excluding carboxylic acids is 2. The van der Waals surface area contributed by atoms with E-state index in [1.807, 2.05) is 61.5 Å². The monoisotopic (exact) mass is 694 g/mol. The zero-order valence-corrected chi connectivity index (χ0v) is 30.1. The third kappa shape index (κ3) is 11.0. The Morgan fingerprint density at radius 2 is 1.41 bits per heavy atom. The van der Waals surface area contributed by atoms with Crippen LogP contribution in [0, 0.1) is 5.92 Å². The lowest BCUT2D eigenvalue weighted by Crippen LogP contribution is -2.36. The highest BCUT2D eigenvalue weighted by Gasteiger charge is 2.29. The molecule has 270 valence electrons. The molecule has 8 heteroatoms. The zero-order chi connectivity index (χ0) is 35.8. The SMILES string of the molecule is CCOC(=O)CCc1ccccc1OC(C(=O)OCC)C(C)CCCCCCOc1cc(-c2ccccc2)cc(-c2ccc3c(c2)OCCO3)c1. The molecule has 1 aliphatic heterocycles. The number of carbonyl (C=O) groups is 2. The maximum atomic E-state index is 13.0. The number of aryl methyl sites for hydroxylation is 1. The van der Waals surface area contributed by atoms with E-state index in [-0.39, 0.29) is 30.9 Å². The number of benzene rings is 4. The number of hydrogen-bond acceptors (Lipinski definition) is 8. The van der Waals surface area contributed by atoms with E-state index < -0.39 is 6.10 Å². The zero-order valence-electron chi connectivity index (χ0n) is 30.1. The van der Waals surface area contributed by atoms with E-state index >= 15 is 0 Å². The van der Waals surface area contributed by atoms with Gasteiger partial charge in [0.05, 0.1) is 19.8 Å². The maximum Gasteiger partial charge on any atom is 0.347 e. The van der Waals surface area contributed by atoms with Crippen LogP contribution in [0.25, 0.3) is 22.3 Å². The van der Waals surface area contributed by atoms with Gasteiger partial charge in [-0.2, -0.15) is 0 Å². The van der Waals surface area contributed by atoms with Gasteiger partial charge < -0.3 is 28.4 Å². The molecule has 0 radical (unpaired) electrons. The van der Waals surface area contributed by atoms with Crippen molar-refractivity contribution in [1.29, 1.82) is 0 Å². The summed E-state index contributed by atoms with van der Waals surface area (Å²) in [5.41, 5.74) is 5.17. The summed E-state index contributed by atoms with van der Waals surface area (Å²) in [5.74, 6) is 2.27. The van der Waals surface area contributed by atoms with Gasteiger partial charge in [0.2, 0.25) is 0 Å². The van der Waals surface area contributed by atoms with E-state index in [1.165, 1.54) is 0 Å². The Balaban J connectivity index is 1.14. The van der Waals surface area contributed by atoms with E-state index in [9.17, 15) is 9.59 Å². The number of para-hydroxylation sites is 1. The summed E-state index contributed by atoms with van der Waals surface area (Å²) in [5, 5.41) is 0. The van der Waals surface area contributed by atoms with Gasteiger partial charge in [0.15, 0.2) is 17.6 Å². The summed E-state index contributed by atoms with van der Waals surface area (Å²) in [6, 6.07) is 30.3. The lowest BCUT2D eigenvalue weighted by Gasteiger charge is -2.25. The average Bonchev–Trinajstić information content (AvgIpc) is 3.16. The first-order valence-electron chi connectivity index (χ1n) is 18.2. The Hall–Kier alpha value is -4.98. The van der Waals surface area contributed by atoms with Crippen LogP contribution in [0.3, 0.4) is 0 Å². The van der Waals surface area contributed by atoms with Crippen molar-refractivity contribution in [1.82, 2.24) is 0 Å². The quantitative estimate of drug-likeness (QED) is 0.0709. The van der Waals surface area contributed by atoms with Crippen molar-refractivity contribution in [3.8, 4) is 45.3 Å². The molecule has 0 saturated carbocycles. The number of hydrogen-bond donors (Lipinski definition) is 0. The highest BCUT2D eigenvalue weighted by Crippen LogP contribution is 2.37. The first-order chi connectivity index (χ1) is 24.9. The van der Waals surface area contributed by atoms with Crippen molar-refractivity contribution in [3.05, 3.63) is 96.6 Å². The Kier molecular flexibility index (Phi) is 14.2. The van der Waals surface area contributed by atoms with Crippen LogP contribution < -0.4 is 18.9 Å². The summed E-state index contributed by atoms with van der Waals surface area (Å²) in [7, 11) is 0. The van der Waals surface area contributed by atoms with Crippen LogP contribution in [0.4, 0.5) is 0 Å². The van der Waals surface area contributed by atoms with Crippen molar-refractivity contribution in [3.63, 3.8) is 0 Å². The second kappa shape index (κ2) is 19.4. The predicted octanol–water partition coefficient (Wildman–Crippen LogP) is 9.26. The fourth-order valence-electron chi connectivity index (χ4n) is 6.19. The molecule has 8 nitrogen and oxygen atoms in total. The fourth-order valence-corrected chi connectivity index (χ4v) is 6.19. The standard InChI is InChI=1S/C43H50O8/c1-4-46-41(44)23-21-33-18-12-13-19-38(33)51-42(43(45)47-5-2)31(3)15-9-6-7-14-24-48-37-28-35(32-16-10-8-11-17-32)27-36(29-37)34-20-22-39-40(30-34)50-26-25-49-39/h8,10-13,16-20,22,27-31,42H,4-7,9,14-15,21,23-26H2,1-3H3. The molecule has 0 fully saturated rings. The molecule has 0 amide bonds. The van der Waals surface area contributed by atoms with Gasteiger partial charge >= 0.3 is 11.9 Å². The third-order valence-electron chi connectivity index (χ3n) is 8.88. The van der Waals surface area contributed by atoms with Gasteiger partial charge in [0.25, 0.3) is 0 Å². The highest BCUT2D eigenvalue weighted by atomic mass is 16.6. The van der Waals surface area contributed by atoms with Crippen LogP contribution in [-0.4, -0.2) is 51.1 Å². The van der Waals surface area contributed by atoms with E-state index in [1.54, 1.807) is 13.8 Å². The molecule has 0 aromatic heterocycles. The molecule has 4 aromatic rings. The number of ether oxygens (including phenoxy) is 6. The van der Waals surface area contributed by atoms with Gasteiger partial charge in [0.1, 0.15) is 24.7 Å². The Morgan fingerprint density at radius 3 is 2.20 bits per heavy atom.